The number of nitrogens with zero attached hydrogens (tertiary/aromatic N) is 3. The van der Waals surface area contributed by atoms with Gasteiger partial charge in [0.15, 0.2) is 0 Å². The number of carbonyl (C=O) groups is 1. The van der Waals surface area contributed by atoms with E-state index in [1.807, 2.05) is 6.92 Å². The van der Waals surface area contributed by atoms with Crippen LogP contribution in [0.3, 0.4) is 0 Å². The van der Waals surface area contributed by atoms with E-state index in [0.29, 0.717) is 25.2 Å². The van der Waals surface area contributed by atoms with Crippen LogP contribution in [-0.2, 0) is 11.3 Å². The average Bonchev–Trinajstić information content (AvgIpc) is 2.75. The summed E-state index contributed by atoms with van der Waals surface area (Å²) in [6.45, 7) is 3.37. The van der Waals surface area contributed by atoms with Crippen LogP contribution < -0.4 is 11.1 Å². The Hall–Kier alpha value is -1.47. The highest BCUT2D eigenvalue weighted by Crippen LogP contribution is 2.08. The number of amides is 1. The van der Waals surface area contributed by atoms with Crippen molar-refractivity contribution in [3.63, 3.8) is 0 Å². The van der Waals surface area contributed by atoms with Gasteiger partial charge in [-0.2, -0.15) is 0 Å². The third-order valence-corrected chi connectivity index (χ3v) is 2.28. The van der Waals surface area contributed by atoms with E-state index >= 15 is 0 Å². The Labute approximate surface area is 100.0 Å². The molecule has 1 aromatic heterocycles. The zero-order chi connectivity index (χ0) is 12.7. The summed E-state index contributed by atoms with van der Waals surface area (Å²) in [5, 5.41) is 19.5. The number of hydrogen-bond acceptors (Lipinski definition) is 5. The van der Waals surface area contributed by atoms with Gasteiger partial charge in [0.1, 0.15) is 11.7 Å². The molecule has 1 unspecified atom stereocenters. The second-order valence-electron chi connectivity index (χ2n) is 3.77. The fourth-order valence-corrected chi connectivity index (χ4v) is 1.43. The van der Waals surface area contributed by atoms with Gasteiger partial charge in [0.05, 0.1) is 6.20 Å². The van der Waals surface area contributed by atoms with Crippen molar-refractivity contribution in [1.29, 1.82) is 0 Å². The monoisotopic (exact) mass is 241 g/mol. The summed E-state index contributed by atoms with van der Waals surface area (Å²) >= 11 is 0. The number of aryl methyl sites for hydroxylation is 1. The maximum Gasteiger partial charge on any atom is 0.240 e. The molecule has 17 heavy (non-hydrogen) atoms. The molecule has 0 bridgehead atoms. The molecule has 96 valence electrons. The highest BCUT2D eigenvalue weighted by Gasteiger charge is 2.20. The Morgan fingerprint density at radius 3 is 3.06 bits per heavy atom. The molecule has 0 fully saturated rings. The van der Waals surface area contributed by atoms with Crippen LogP contribution in [0.15, 0.2) is 6.20 Å². The second-order valence-corrected chi connectivity index (χ2v) is 3.77. The van der Waals surface area contributed by atoms with Gasteiger partial charge in [-0.25, -0.2) is 0 Å². The molecule has 0 spiro atoms. The van der Waals surface area contributed by atoms with Gasteiger partial charge in [0, 0.05) is 13.2 Å². The van der Waals surface area contributed by atoms with Gasteiger partial charge in [-0.3, -0.25) is 9.48 Å². The quantitative estimate of drug-likeness (QED) is 0.551. The fraction of sp³-hybridized carbons (Fsp3) is 0.700. The highest BCUT2D eigenvalue weighted by atomic mass is 16.3. The first-order valence-corrected chi connectivity index (χ1v) is 5.72. The van der Waals surface area contributed by atoms with Crippen molar-refractivity contribution in [2.45, 2.75) is 32.4 Å². The van der Waals surface area contributed by atoms with Gasteiger partial charge >= 0.3 is 0 Å². The number of aliphatic hydroxyl groups is 1. The van der Waals surface area contributed by atoms with Crippen LogP contribution in [0.5, 0.6) is 0 Å². The zero-order valence-electron chi connectivity index (χ0n) is 9.96. The van der Waals surface area contributed by atoms with E-state index in [0.717, 1.165) is 6.42 Å². The first-order chi connectivity index (χ1) is 8.19. The van der Waals surface area contributed by atoms with E-state index in [4.69, 9.17) is 10.8 Å². The van der Waals surface area contributed by atoms with Crippen LogP contribution in [0.2, 0.25) is 0 Å². The molecule has 1 heterocycles. The number of aromatic nitrogens is 3. The molecular weight excluding hydrogens is 222 g/mol. The van der Waals surface area contributed by atoms with Crippen LogP contribution in [-0.4, -0.2) is 39.2 Å². The SMILES string of the molecule is CCCNC(C(N)=O)c1cn(CCCO)nn1. The number of rotatable bonds is 8. The van der Waals surface area contributed by atoms with Gasteiger partial charge in [-0.1, -0.05) is 12.1 Å². The van der Waals surface area contributed by atoms with Crippen LogP contribution >= 0.6 is 0 Å². The van der Waals surface area contributed by atoms with Gasteiger partial charge in [-0.05, 0) is 19.4 Å². The average molecular weight is 241 g/mol. The number of primary amides is 1. The number of aliphatic hydroxyl groups excluding tert-OH is 1. The number of nitrogens with one attached hydrogen (secondary N) is 1. The van der Waals surface area contributed by atoms with Crippen LogP contribution in [0.4, 0.5) is 0 Å². The molecule has 4 N–H and O–H groups in total. The first kappa shape index (κ1) is 13.6. The highest BCUT2D eigenvalue weighted by molar-refractivity contribution is 5.80. The molecule has 1 aromatic rings. The molecule has 0 aliphatic heterocycles. The predicted molar refractivity (Wildman–Crippen MR) is 62.0 cm³/mol. The molecule has 0 aliphatic carbocycles. The van der Waals surface area contributed by atoms with E-state index in [9.17, 15) is 4.79 Å². The van der Waals surface area contributed by atoms with Crippen molar-refractivity contribution >= 4 is 5.91 Å². The summed E-state index contributed by atoms with van der Waals surface area (Å²) in [6, 6.07) is -0.599. The molecule has 0 saturated carbocycles. The summed E-state index contributed by atoms with van der Waals surface area (Å²) in [6.07, 6.45) is 3.18. The topological polar surface area (TPSA) is 106 Å². The lowest BCUT2D eigenvalue weighted by atomic mass is 10.2. The van der Waals surface area contributed by atoms with E-state index in [1.165, 1.54) is 0 Å². The molecule has 1 atom stereocenters. The predicted octanol–water partition coefficient (Wildman–Crippen LogP) is -0.813. The summed E-state index contributed by atoms with van der Waals surface area (Å²) in [7, 11) is 0. The molecule has 0 aromatic carbocycles. The second kappa shape index (κ2) is 6.97. The Morgan fingerprint density at radius 2 is 2.47 bits per heavy atom. The summed E-state index contributed by atoms with van der Waals surface area (Å²) in [4.78, 5) is 11.3. The molecule has 7 nitrogen and oxygen atoms in total. The lowest BCUT2D eigenvalue weighted by molar-refractivity contribution is -0.120. The van der Waals surface area contributed by atoms with Crippen molar-refractivity contribution in [1.82, 2.24) is 20.3 Å². The molecule has 1 amide bonds. The summed E-state index contributed by atoms with van der Waals surface area (Å²) < 4.78 is 1.59. The van der Waals surface area contributed by atoms with E-state index in [2.05, 4.69) is 15.6 Å². The molecule has 0 radical (unpaired) electrons. The number of nitrogens with two attached hydrogens (primary N) is 1. The normalized spacial score (nSPS) is 12.6. The maximum absolute atomic E-state index is 11.3. The molecule has 0 saturated heterocycles. The molecule has 7 heteroatoms. The van der Waals surface area contributed by atoms with Gasteiger partial charge < -0.3 is 16.2 Å². The summed E-state index contributed by atoms with van der Waals surface area (Å²) in [5.41, 5.74) is 5.82. The Kier molecular flexibility index (Phi) is 5.58. The lowest BCUT2D eigenvalue weighted by Gasteiger charge is -2.11. The summed E-state index contributed by atoms with van der Waals surface area (Å²) in [5.74, 6) is -0.465. The van der Waals surface area contributed by atoms with Crippen molar-refractivity contribution < 1.29 is 9.90 Å². The standard InChI is InChI=1S/C10H19N5O2/c1-2-4-12-9(10(11)17)8-7-15(14-13-8)5-3-6-16/h7,9,12,16H,2-6H2,1H3,(H2,11,17). The Balaban J connectivity index is 2.66. The lowest BCUT2D eigenvalue weighted by Crippen LogP contribution is -2.34. The number of hydrogen-bond donors (Lipinski definition) is 3. The maximum atomic E-state index is 11.3. The van der Waals surface area contributed by atoms with E-state index < -0.39 is 11.9 Å². The van der Waals surface area contributed by atoms with Gasteiger partial charge in [0.2, 0.25) is 5.91 Å². The minimum Gasteiger partial charge on any atom is -0.396 e. The van der Waals surface area contributed by atoms with Crippen molar-refractivity contribution in [2.75, 3.05) is 13.2 Å². The molecule has 0 aliphatic rings. The Morgan fingerprint density at radius 1 is 1.71 bits per heavy atom. The Bertz CT molecular complexity index is 352. The van der Waals surface area contributed by atoms with Gasteiger partial charge in [-0.15, -0.1) is 5.10 Å². The van der Waals surface area contributed by atoms with Crippen LogP contribution in [0.25, 0.3) is 0 Å². The third kappa shape index (κ3) is 4.12. The third-order valence-electron chi connectivity index (χ3n) is 2.28. The smallest absolute Gasteiger partial charge is 0.240 e. The zero-order valence-corrected chi connectivity index (χ0v) is 9.96. The molecular formula is C10H19N5O2. The van der Waals surface area contributed by atoms with Crippen molar-refractivity contribution in [3.05, 3.63) is 11.9 Å². The first-order valence-electron chi connectivity index (χ1n) is 5.72. The van der Waals surface area contributed by atoms with E-state index in [-0.39, 0.29) is 6.61 Å². The van der Waals surface area contributed by atoms with Crippen LogP contribution in [0, 0.1) is 0 Å². The fourth-order valence-electron chi connectivity index (χ4n) is 1.43. The van der Waals surface area contributed by atoms with E-state index in [1.54, 1.807) is 10.9 Å². The minimum atomic E-state index is -0.599. The van der Waals surface area contributed by atoms with Crippen LogP contribution in [0.1, 0.15) is 31.5 Å². The van der Waals surface area contributed by atoms with Crippen molar-refractivity contribution in [2.24, 2.45) is 5.73 Å². The van der Waals surface area contributed by atoms with Gasteiger partial charge in [0.25, 0.3) is 0 Å². The molecule has 1 rings (SSSR count). The number of carbonyl (C=O) groups excluding carboxylic acids is 1. The minimum absolute atomic E-state index is 0.0997. The largest absolute Gasteiger partial charge is 0.396 e. The van der Waals surface area contributed by atoms with Crippen molar-refractivity contribution in [3.8, 4) is 0 Å².